The van der Waals surface area contributed by atoms with E-state index in [4.69, 9.17) is 21.6 Å². The van der Waals surface area contributed by atoms with Gasteiger partial charge in [0.1, 0.15) is 17.9 Å². The van der Waals surface area contributed by atoms with Gasteiger partial charge in [0.15, 0.2) is 5.78 Å². The fourth-order valence-corrected chi connectivity index (χ4v) is 6.33. The Hall–Kier alpha value is -2.35. The summed E-state index contributed by atoms with van der Waals surface area (Å²) in [5.41, 5.74) is 2.20. The minimum absolute atomic E-state index is 0.0601. The minimum atomic E-state index is -0.171. The molecular weight excluding hydrogens is 444 g/mol. The van der Waals surface area contributed by atoms with Crippen molar-refractivity contribution in [3.63, 3.8) is 0 Å². The highest BCUT2D eigenvalue weighted by Crippen LogP contribution is 2.61. The number of aryl methyl sites for hydroxylation is 1. The fourth-order valence-electron chi connectivity index (χ4n) is 6.12. The van der Waals surface area contributed by atoms with Gasteiger partial charge >= 0.3 is 0 Å². The average molecular weight is 479 g/mol. The van der Waals surface area contributed by atoms with Crippen molar-refractivity contribution in [3.05, 3.63) is 64.2 Å². The molecular formula is C29H35ClN2O2. The number of nitrogens with zero attached hydrogens (tertiary/aromatic N) is 1. The molecule has 1 saturated carbocycles. The van der Waals surface area contributed by atoms with E-state index in [1.807, 2.05) is 12.1 Å². The van der Waals surface area contributed by atoms with E-state index in [1.54, 1.807) is 18.2 Å². The number of carbonyl (C=O) groups is 1. The van der Waals surface area contributed by atoms with Crippen LogP contribution in [0.4, 0.5) is 0 Å². The number of benzene rings is 2. The van der Waals surface area contributed by atoms with Gasteiger partial charge in [-0.05, 0) is 61.9 Å². The van der Waals surface area contributed by atoms with E-state index in [9.17, 15) is 4.79 Å². The Morgan fingerprint density at radius 2 is 1.79 bits per heavy atom. The van der Waals surface area contributed by atoms with Crippen LogP contribution in [0.2, 0.25) is 5.02 Å². The monoisotopic (exact) mass is 478 g/mol. The Kier molecular flexibility index (Phi) is 7.08. The first-order valence-corrected chi connectivity index (χ1v) is 12.7. The molecule has 5 heteroatoms. The van der Waals surface area contributed by atoms with Crippen molar-refractivity contribution < 1.29 is 9.53 Å². The predicted octanol–water partition coefficient (Wildman–Crippen LogP) is 6.46. The first-order valence-electron chi connectivity index (χ1n) is 12.3. The highest BCUT2D eigenvalue weighted by Gasteiger charge is 2.63. The third-order valence-electron chi connectivity index (χ3n) is 8.07. The first-order chi connectivity index (χ1) is 16.1. The van der Waals surface area contributed by atoms with Crippen LogP contribution in [0.15, 0.2) is 42.5 Å². The van der Waals surface area contributed by atoms with Crippen molar-refractivity contribution in [2.75, 3.05) is 13.1 Å². The second kappa shape index (κ2) is 9.72. The lowest BCUT2D eigenvalue weighted by atomic mass is 9.44. The minimum Gasteiger partial charge on any atom is -0.489 e. The molecule has 0 radical (unpaired) electrons. The lowest BCUT2D eigenvalue weighted by Crippen LogP contribution is -2.66. The van der Waals surface area contributed by atoms with Crippen LogP contribution in [0.3, 0.4) is 0 Å². The SMILES string of the molecule is CC1(C)C(CC(=O)c2ccc(CCCC3CNC3)cc2)C(C)(C)C1Oc1ccc(C#N)c(Cl)c1. The van der Waals surface area contributed by atoms with Gasteiger partial charge in [0.05, 0.1) is 10.6 Å². The number of ketones is 1. The Morgan fingerprint density at radius 1 is 1.12 bits per heavy atom. The molecule has 0 spiro atoms. The molecule has 1 heterocycles. The van der Waals surface area contributed by atoms with Gasteiger partial charge in [0, 0.05) is 28.9 Å². The molecule has 180 valence electrons. The molecule has 34 heavy (non-hydrogen) atoms. The lowest BCUT2D eigenvalue weighted by Gasteiger charge is -2.63. The van der Waals surface area contributed by atoms with E-state index in [-0.39, 0.29) is 28.6 Å². The van der Waals surface area contributed by atoms with Crippen LogP contribution in [0, 0.1) is 34.0 Å². The average Bonchev–Trinajstić information content (AvgIpc) is 2.77. The summed E-state index contributed by atoms with van der Waals surface area (Å²) >= 11 is 6.19. The molecule has 0 atom stereocenters. The molecule has 4 rings (SSSR count). The number of hydrogen-bond donors (Lipinski definition) is 1. The molecule has 0 unspecified atom stereocenters. The highest BCUT2D eigenvalue weighted by atomic mass is 35.5. The van der Waals surface area contributed by atoms with Crippen molar-refractivity contribution in [2.24, 2.45) is 22.7 Å². The van der Waals surface area contributed by atoms with Crippen molar-refractivity contribution in [1.82, 2.24) is 5.32 Å². The maximum Gasteiger partial charge on any atom is 0.163 e. The number of halogens is 1. The third kappa shape index (κ3) is 4.88. The number of nitriles is 1. The van der Waals surface area contributed by atoms with Gasteiger partial charge < -0.3 is 10.1 Å². The van der Waals surface area contributed by atoms with Gasteiger partial charge in [-0.2, -0.15) is 5.26 Å². The number of carbonyl (C=O) groups excluding carboxylic acids is 1. The third-order valence-corrected chi connectivity index (χ3v) is 8.38. The first kappa shape index (κ1) is 24.8. The standard InChI is InChI=1S/C29H35ClN2O2/c1-28(2)26(29(3,4)27(28)34-23-13-12-22(16-31)24(30)14-23)15-25(33)21-10-8-19(9-11-21)6-5-7-20-17-32-18-20/h8-14,20,26-27,32H,5-7,15,17-18H2,1-4H3. The number of rotatable bonds is 9. The lowest BCUT2D eigenvalue weighted by molar-refractivity contribution is -0.196. The van der Waals surface area contributed by atoms with Gasteiger partial charge in [0.25, 0.3) is 0 Å². The summed E-state index contributed by atoms with van der Waals surface area (Å²) < 4.78 is 6.35. The largest absolute Gasteiger partial charge is 0.489 e. The summed E-state index contributed by atoms with van der Waals surface area (Å²) in [5.74, 6) is 1.89. The molecule has 1 aliphatic heterocycles. The van der Waals surface area contributed by atoms with Crippen molar-refractivity contribution in [3.8, 4) is 11.8 Å². The van der Waals surface area contributed by atoms with Crippen LogP contribution >= 0.6 is 11.6 Å². The number of Topliss-reactive ketones (excluding diaryl/α,β-unsaturated/α-hetero) is 1. The summed E-state index contributed by atoms with van der Waals surface area (Å²) in [7, 11) is 0. The maximum atomic E-state index is 13.2. The van der Waals surface area contributed by atoms with Crippen molar-refractivity contribution >= 4 is 17.4 Å². The summed E-state index contributed by atoms with van der Waals surface area (Å²) in [6.45, 7) is 11.0. The number of nitrogens with one attached hydrogen (secondary N) is 1. The molecule has 4 nitrogen and oxygen atoms in total. The summed E-state index contributed by atoms with van der Waals surface area (Å²) in [6, 6.07) is 15.5. The Morgan fingerprint density at radius 3 is 2.35 bits per heavy atom. The normalized spacial score (nSPS) is 22.8. The summed E-state index contributed by atoms with van der Waals surface area (Å²) in [5, 5.41) is 12.8. The molecule has 0 aromatic heterocycles. The summed E-state index contributed by atoms with van der Waals surface area (Å²) in [6.07, 6.45) is 4.00. The topological polar surface area (TPSA) is 62.1 Å². The van der Waals surface area contributed by atoms with Crippen LogP contribution in [0.25, 0.3) is 0 Å². The molecule has 2 aliphatic rings. The van der Waals surface area contributed by atoms with E-state index < -0.39 is 0 Å². The van der Waals surface area contributed by atoms with E-state index in [1.165, 1.54) is 18.4 Å². The maximum absolute atomic E-state index is 13.2. The van der Waals surface area contributed by atoms with E-state index in [2.05, 4.69) is 51.2 Å². The van der Waals surface area contributed by atoms with Gasteiger partial charge in [-0.1, -0.05) is 63.6 Å². The van der Waals surface area contributed by atoms with E-state index >= 15 is 0 Å². The number of hydrogen-bond acceptors (Lipinski definition) is 4. The quantitative estimate of drug-likeness (QED) is 0.420. The highest BCUT2D eigenvalue weighted by molar-refractivity contribution is 6.31. The molecule has 0 bridgehead atoms. The molecule has 1 saturated heterocycles. The fraction of sp³-hybridized carbons (Fsp3) is 0.517. The second-order valence-electron chi connectivity index (χ2n) is 11.2. The van der Waals surface area contributed by atoms with E-state index in [0.29, 0.717) is 22.8 Å². The van der Waals surface area contributed by atoms with Crippen LogP contribution in [-0.4, -0.2) is 25.0 Å². The Balaban J connectivity index is 1.36. The van der Waals surface area contributed by atoms with Crippen molar-refractivity contribution in [2.45, 2.75) is 59.5 Å². The zero-order chi connectivity index (χ0) is 24.5. The van der Waals surface area contributed by atoms with Gasteiger partial charge in [-0.15, -0.1) is 0 Å². The van der Waals surface area contributed by atoms with Gasteiger partial charge in [0.2, 0.25) is 0 Å². The predicted molar refractivity (Wildman–Crippen MR) is 136 cm³/mol. The number of ether oxygens (including phenoxy) is 1. The van der Waals surface area contributed by atoms with Gasteiger partial charge in [-0.25, -0.2) is 0 Å². The Labute approximate surface area is 208 Å². The molecule has 0 amide bonds. The second-order valence-corrected chi connectivity index (χ2v) is 11.6. The van der Waals surface area contributed by atoms with E-state index in [0.717, 1.165) is 31.0 Å². The van der Waals surface area contributed by atoms with Crippen LogP contribution in [0.5, 0.6) is 5.75 Å². The van der Waals surface area contributed by atoms with Crippen molar-refractivity contribution in [1.29, 1.82) is 5.26 Å². The summed E-state index contributed by atoms with van der Waals surface area (Å²) in [4.78, 5) is 13.2. The molecule has 2 aromatic carbocycles. The van der Waals surface area contributed by atoms with Gasteiger partial charge in [-0.3, -0.25) is 4.79 Å². The zero-order valence-electron chi connectivity index (χ0n) is 20.7. The van der Waals surface area contributed by atoms with Crippen LogP contribution < -0.4 is 10.1 Å². The smallest absolute Gasteiger partial charge is 0.163 e. The van der Waals surface area contributed by atoms with Crippen LogP contribution in [-0.2, 0) is 6.42 Å². The molecule has 1 N–H and O–H groups in total. The van der Waals surface area contributed by atoms with Crippen LogP contribution in [0.1, 0.15) is 68.4 Å². The zero-order valence-corrected chi connectivity index (χ0v) is 21.4. The Bertz CT molecular complexity index is 1060. The molecule has 1 aliphatic carbocycles. The molecule has 2 aromatic rings. The molecule has 2 fully saturated rings.